The Labute approximate surface area is 257 Å². The number of benzene rings is 4. The molecule has 0 bridgehead atoms. The summed E-state index contributed by atoms with van der Waals surface area (Å²) in [6.45, 7) is 0. The lowest BCUT2D eigenvalue weighted by Gasteiger charge is -2.14. The summed E-state index contributed by atoms with van der Waals surface area (Å²) in [7, 11) is 0. The molecule has 5 heterocycles. The van der Waals surface area contributed by atoms with Crippen LogP contribution >= 0.6 is 0 Å². The van der Waals surface area contributed by atoms with E-state index in [0.29, 0.717) is 0 Å². The fourth-order valence-electron chi connectivity index (χ4n) is 7.05. The molecule has 5 nitrogen and oxygen atoms in total. The second-order valence-electron chi connectivity index (χ2n) is 11.9. The van der Waals surface area contributed by atoms with Crippen molar-refractivity contribution in [2.24, 2.45) is 0 Å². The molecule has 0 saturated carbocycles. The molecule has 10 rings (SSSR count). The highest BCUT2D eigenvalue weighted by atomic mass is 14.8. The van der Waals surface area contributed by atoms with Gasteiger partial charge >= 0.3 is 0 Å². The predicted octanol–water partition coefficient (Wildman–Crippen LogP) is 10.7. The van der Waals surface area contributed by atoms with Crippen LogP contribution in [0.5, 0.6) is 0 Å². The van der Waals surface area contributed by atoms with Crippen LogP contribution in [0.4, 0.5) is 0 Å². The molecule has 0 amide bonds. The van der Waals surface area contributed by atoms with Gasteiger partial charge in [-0.25, -0.2) is 0 Å². The number of H-pyrrole nitrogens is 5. The van der Waals surface area contributed by atoms with Crippen LogP contribution in [-0.4, -0.2) is 24.9 Å². The predicted molar refractivity (Wildman–Crippen MR) is 187 cm³/mol. The van der Waals surface area contributed by atoms with Crippen LogP contribution in [0, 0.1) is 0 Å². The van der Waals surface area contributed by atoms with Gasteiger partial charge in [0.1, 0.15) is 0 Å². The van der Waals surface area contributed by atoms with E-state index in [4.69, 9.17) is 0 Å². The number of aromatic nitrogens is 5. The normalized spacial score (nSPS) is 12.0. The van der Waals surface area contributed by atoms with Gasteiger partial charge in [0.05, 0.1) is 11.4 Å². The summed E-state index contributed by atoms with van der Waals surface area (Å²) in [5, 5.41) is 4.76. The number of rotatable bonds is 4. The van der Waals surface area contributed by atoms with E-state index in [1.54, 1.807) is 0 Å². The van der Waals surface area contributed by atoms with Gasteiger partial charge in [-0.3, -0.25) is 0 Å². The van der Waals surface area contributed by atoms with Gasteiger partial charge in [-0.2, -0.15) is 0 Å². The second-order valence-corrected chi connectivity index (χ2v) is 11.9. The molecule has 0 radical (unpaired) electrons. The Kier molecular flexibility index (Phi) is 4.93. The minimum Gasteiger partial charge on any atom is -0.355 e. The quantitative estimate of drug-likeness (QED) is 0.138. The van der Waals surface area contributed by atoms with Crippen LogP contribution in [0.2, 0.25) is 0 Å². The van der Waals surface area contributed by atoms with E-state index in [0.717, 1.165) is 67.4 Å². The molecule has 212 valence electrons. The highest BCUT2D eigenvalue weighted by molar-refractivity contribution is 6.07. The van der Waals surface area contributed by atoms with Crippen molar-refractivity contribution in [2.45, 2.75) is 0 Å². The van der Waals surface area contributed by atoms with E-state index >= 15 is 0 Å². The third kappa shape index (κ3) is 3.74. The molecule has 0 unspecified atom stereocenters. The molecular formula is C40H27N5. The maximum absolute atomic E-state index is 3.84. The molecule has 4 aromatic heterocycles. The van der Waals surface area contributed by atoms with Crippen LogP contribution in [0.3, 0.4) is 0 Å². The van der Waals surface area contributed by atoms with Gasteiger partial charge in [-0.1, -0.05) is 72.8 Å². The maximum atomic E-state index is 3.84. The Hall–Kier alpha value is -6.20. The lowest BCUT2D eigenvalue weighted by Crippen LogP contribution is -1.94. The minimum atomic E-state index is 1.03. The first kappa shape index (κ1) is 24.3. The van der Waals surface area contributed by atoms with Gasteiger partial charge in [0.25, 0.3) is 0 Å². The lowest BCUT2D eigenvalue weighted by atomic mass is 9.96. The SMILES string of the molecule is c1ccc2[nH]c(-c3cc(-c4cc5ccccc5[nH]4)c4c(-c5cc6ccccc6[nH]5)c(-c5cc6ccccc6[nH]5)cc-4[nH]3)cc2c1. The summed E-state index contributed by atoms with van der Waals surface area (Å²) in [5.41, 5.74) is 15.5. The van der Waals surface area contributed by atoms with Gasteiger partial charge < -0.3 is 24.9 Å². The Morgan fingerprint density at radius 1 is 0.267 bits per heavy atom. The Morgan fingerprint density at radius 2 is 0.578 bits per heavy atom. The van der Waals surface area contributed by atoms with Crippen LogP contribution in [0.15, 0.2) is 133 Å². The van der Waals surface area contributed by atoms with Crippen molar-refractivity contribution in [3.8, 4) is 56.4 Å². The molecule has 8 aromatic rings. The molecule has 0 saturated heterocycles. The van der Waals surface area contributed by atoms with Crippen molar-refractivity contribution in [3.63, 3.8) is 0 Å². The topological polar surface area (TPSA) is 78.9 Å². The van der Waals surface area contributed by atoms with Gasteiger partial charge in [0, 0.05) is 88.6 Å². The Balaban J connectivity index is 1.32. The minimum absolute atomic E-state index is 1.03. The van der Waals surface area contributed by atoms with E-state index in [9.17, 15) is 0 Å². The molecule has 5 N–H and O–H groups in total. The Morgan fingerprint density at radius 3 is 1.04 bits per heavy atom. The first-order chi connectivity index (χ1) is 22.2. The lowest BCUT2D eigenvalue weighted by molar-refractivity contribution is 1.29. The second kappa shape index (κ2) is 9.15. The van der Waals surface area contributed by atoms with E-state index in [1.165, 1.54) is 32.7 Å². The van der Waals surface area contributed by atoms with Gasteiger partial charge in [-0.15, -0.1) is 0 Å². The van der Waals surface area contributed by atoms with Gasteiger partial charge in [-0.05, 0) is 60.7 Å². The number of fused-ring (bicyclic) bond motifs is 5. The first-order valence-electron chi connectivity index (χ1n) is 15.3. The zero-order valence-electron chi connectivity index (χ0n) is 24.2. The van der Waals surface area contributed by atoms with Crippen molar-refractivity contribution >= 4 is 43.6 Å². The van der Waals surface area contributed by atoms with Crippen molar-refractivity contribution in [1.82, 2.24) is 24.9 Å². The maximum Gasteiger partial charge on any atom is 0.0630 e. The molecule has 0 atom stereocenters. The average molecular weight is 578 g/mol. The van der Waals surface area contributed by atoms with Crippen LogP contribution in [0.1, 0.15) is 0 Å². The monoisotopic (exact) mass is 577 g/mol. The summed E-state index contributed by atoms with van der Waals surface area (Å²) in [6.07, 6.45) is 0. The largest absolute Gasteiger partial charge is 0.355 e. The molecule has 45 heavy (non-hydrogen) atoms. The fourth-order valence-corrected chi connectivity index (χ4v) is 7.05. The highest BCUT2D eigenvalue weighted by Gasteiger charge is 2.27. The van der Waals surface area contributed by atoms with Gasteiger partial charge in [0.15, 0.2) is 0 Å². The van der Waals surface area contributed by atoms with E-state index in [2.05, 4.69) is 158 Å². The smallest absolute Gasteiger partial charge is 0.0630 e. The van der Waals surface area contributed by atoms with Crippen molar-refractivity contribution < 1.29 is 0 Å². The van der Waals surface area contributed by atoms with Gasteiger partial charge in [0.2, 0.25) is 0 Å². The molecule has 1 aliphatic heterocycles. The van der Waals surface area contributed by atoms with Crippen molar-refractivity contribution in [2.75, 3.05) is 0 Å². The molecule has 5 heteroatoms. The first-order valence-corrected chi connectivity index (χ1v) is 15.3. The number of hydrogen-bond donors (Lipinski definition) is 5. The van der Waals surface area contributed by atoms with E-state index in [1.807, 2.05) is 0 Å². The van der Waals surface area contributed by atoms with Crippen LogP contribution < -0.4 is 0 Å². The van der Waals surface area contributed by atoms with Crippen LogP contribution in [0.25, 0.3) is 100 Å². The molecule has 4 aromatic carbocycles. The summed E-state index contributed by atoms with van der Waals surface area (Å²) >= 11 is 0. The summed E-state index contributed by atoms with van der Waals surface area (Å²) in [4.78, 5) is 18.7. The summed E-state index contributed by atoms with van der Waals surface area (Å²) in [5.74, 6) is 0. The number of para-hydroxylation sites is 4. The number of pyridine rings is 1. The third-order valence-electron chi connectivity index (χ3n) is 9.16. The Bertz CT molecular complexity index is 2540. The fraction of sp³-hybridized carbons (Fsp3) is 0. The van der Waals surface area contributed by atoms with Crippen molar-refractivity contribution in [1.29, 1.82) is 0 Å². The molecule has 2 aliphatic rings. The number of aromatic amines is 5. The standard InChI is InChI=1S/C40H27N5/c1-5-13-29-23(9-1)17-33(41-29)27-21-36(35-19-25-11-3-7-15-31(25)43-35)45-38-22-28(34-18-24-10-2-6-14-30(24)42-34)39(40(27)38)37-20-26-12-4-8-16-32(26)44-37/h1-22,41-45H. The molecule has 0 spiro atoms. The van der Waals surface area contributed by atoms with E-state index < -0.39 is 0 Å². The van der Waals surface area contributed by atoms with Crippen LogP contribution in [-0.2, 0) is 0 Å². The van der Waals surface area contributed by atoms with Crippen molar-refractivity contribution in [3.05, 3.63) is 133 Å². The van der Waals surface area contributed by atoms with E-state index in [-0.39, 0.29) is 0 Å². The highest BCUT2D eigenvalue weighted by Crippen LogP contribution is 2.49. The average Bonchev–Trinajstić information content (AvgIpc) is 3.90. The number of hydrogen-bond acceptors (Lipinski definition) is 0. The number of nitrogens with one attached hydrogen (secondary N) is 5. The summed E-state index contributed by atoms with van der Waals surface area (Å²) < 4.78 is 0. The summed E-state index contributed by atoms with van der Waals surface area (Å²) in [6, 6.07) is 47.5. The third-order valence-corrected chi connectivity index (χ3v) is 9.16. The molecule has 0 fully saturated rings. The molecule has 1 aliphatic carbocycles. The molecular weight excluding hydrogens is 550 g/mol. The zero-order valence-corrected chi connectivity index (χ0v) is 24.2. The zero-order chi connectivity index (χ0) is 29.5.